The third-order valence-corrected chi connectivity index (χ3v) is 3.00. The van der Waals surface area contributed by atoms with Gasteiger partial charge in [0.2, 0.25) is 0 Å². The van der Waals surface area contributed by atoms with Crippen LogP contribution in [0.2, 0.25) is 5.02 Å². The van der Waals surface area contributed by atoms with Gasteiger partial charge >= 0.3 is 0 Å². The third kappa shape index (κ3) is 2.17. The highest BCUT2D eigenvalue weighted by molar-refractivity contribution is 6.31. The lowest BCUT2D eigenvalue weighted by Gasteiger charge is -2.01. The molecule has 1 aromatic rings. The quantitative estimate of drug-likeness (QED) is 0.600. The summed E-state index contributed by atoms with van der Waals surface area (Å²) in [7, 11) is 0. The molecule has 0 radical (unpaired) electrons. The van der Waals surface area contributed by atoms with E-state index in [-0.39, 0.29) is 23.7 Å². The van der Waals surface area contributed by atoms with Crippen LogP contribution in [0, 0.1) is 5.92 Å². The van der Waals surface area contributed by atoms with E-state index in [1.807, 2.05) is 24.3 Å². The monoisotopic (exact) mass is 237 g/mol. The van der Waals surface area contributed by atoms with Crippen molar-refractivity contribution in [2.24, 2.45) is 22.4 Å². The second kappa shape index (κ2) is 4.14. The van der Waals surface area contributed by atoms with Crippen molar-refractivity contribution >= 4 is 23.5 Å². The summed E-state index contributed by atoms with van der Waals surface area (Å²) in [5.41, 5.74) is 11.3. The van der Waals surface area contributed by atoms with Crippen molar-refractivity contribution < 1.29 is 4.79 Å². The van der Waals surface area contributed by atoms with Gasteiger partial charge in [0, 0.05) is 10.9 Å². The number of hydrogen-bond acceptors (Lipinski definition) is 1. The minimum absolute atomic E-state index is 0.123. The summed E-state index contributed by atoms with van der Waals surface area (Å²) in [5.74, 6) is -0.411. The van der Waals surface area contributed by atoms with Crippen molar-refractivity contribution in [2.75, 3.05) is 0 Å². The number of rotatable bonds is 2. The minimum Gasteiger partial charge on any atom is -0.370 e. The summed E-state index contributed by atoms with van der Waals surface area (Å²) >= 11 is 6.04. The molecule has 4 N–H and O–H groups in total. The standard InChI is InChI=1S/C11H12ClN3O/c12-9-4-2-1-3-6(9)7-5-8(7)10(16)15-11(13)14/h1-4,7-8H,5H2,(H4,13,14,15,16)/t7-,8+/m0/s1. The van der Waals surface area contributed by atoms with Gasteiger partial charge in [-0.05, 0) is 24.0 Å². The highest BCUT2D eigenvalue weighted by atomic mass is 35.5. The van der Waals surface area contributed by atoms with Crippen LogP contribution in [0.4, 0.5) is 0 Å². The number of carbonyl (C=O) groups excluding carboxylic acids is 1. The first-order chi connectivity index (χ1) is 7.59. The Hall–Kier alpha value is -1.55. The van der Waals surface area contributed by atoms with Gasteiger partial charge in [0.05, 0.1) is 0 Å². The zero-order valence-corrected chi connectivity index (χ0v) is 9.32. The van der Waals surface area contributed by atoms with Crippen molar-refractivity contribution in [1.29, 1.82) is 0 Å². The largest absolute Gasteiger partial charge is 0.370 e. The summed E-state index contributed by atoms with van der Waals surface area (Å²) < 4.78 is 0. The van der Waals surface area contributed by atoms with Crippen molar-refractivity contribution in [3.05, 3.63) is 34.9 Å². The lowest BCUT2D eigenvalue weighted by Crippen LogP contribution is -2.24. The van der Waals surface area contributed by atoms with Crippen molar-refractivity contribution in [2.45, 2.75) is 12.3 Å². The van der Waals surface area contributed by atoms with E-state index in [0.29, 0.717) is 5.02 Å². The fourth-order valence-electron chi connectivity index (χ4n) is 1.80. The normalized spacial score (nSPS) is 22.6. The van der Waals surface area contributed by atoms with E-state index in [1.165, 1.54) is 0 Å². The predicted molar refractivity (Wildman–Crippen MR) is 63.1 cm³/mol. The SMILES string of the molecule is NC(N)=NC(=O)[C@@H]1C[C@H]1c1ccccc1Cl. The molecule has 1 aliphatic carbocycles. The van der Waals surface area contributed by atoms with Gasteiger partial charge < -0.3 is 11.5 Å². The van der Waals surface area contributed by atoms with Gasteiger partial charge in [-0.15, -0.1) is 0 Å². The van der Waals surface area contributed by atoms with Gasteiger partial charge in [-0.1, -0.05) is 29.8 Å². The summed E-state index contributed by atoms with van der Waals surface area (Å²) in [6, 6.07) is 7.51. The molecule has 84 valence electrons. The second-order valence-electron chi connectivity index (χ2n) is 3.85. The van der Waals surface area contributed by atoms with Crippen LogP contribution in [0.1, 0.15) is 17.9 Å². The van der Waals surface area contributed by atoms with Crippen LogP contribution in [0.25, 0.3) is 0 Å². The Balaban J connectivity index is 2.10. The second-order valence-corrected chi connectivity index (χ2v) is 4.25. The molecule has 1 amide bonds. The van der Waals surface area contributed by atoms with Gasteiger partial charge in [0.25, 0.3) is 5.91 Å². The maximum atomic E-state index is 11.5. The summed E-state index contributed by atoms with van der Waals surface area (Å²) in [5, 5.41) is 0.688. The van der Waals surface area contributed by atoms with Gasteiger partial charge in [-0.25, -0.2) is 0 Å². The number of guanidine groups is 1. The molecule has 0 aromatic heterocycles. The molecule has 4 nitrogen and oxygen atoms in total. The Bertz CT molecular complexity index is 454. The summed E-state index contributed by atoms with van der Waals surface area (Å²) in [6.45, 7) is 0. The topological polar surface area (TPSA) is 81.5 Å². The van der Waals surface area contributed by atoms with Crippen molar-refractivity contribution in [3.8, 4) is 0 Å². The Morgan fingerprint density at radius 3 is 2.69 bits per heavy atom. The van der Waals surface area contributed by atoms with E-state index < -0.39 is 0 Å². The number of nitrogens with zero attached hydrogens (tertiary/aromatic N) is 1. The molecule has 0 unspecified atom stereocenters. The molecule has 0 saturated heterocycles. The molecule has 16 heavy (non-hydrogen) atoms. The molecule has 1 aromatic carbocycles. The molecule has 1 aliphatic rings. The first-order valence-electron chi connectivity index (χ1n) is 4.97. The smallest absolute Gasteiger partial charge is 0.252 e. The maximum absolute atomic E-state index is 11.5. The Labute approximate surface area is 98.3 Å². The van der Waals surface area contributed by atoms with Crippen LogP contribution in [0.5, 0.6) is 0 Å². The number of hydrogen-bond donors (Lipinski definition) is 2. The Kier molecular flexibility index (Phi) is 2.83. The maximum Gasteiger partial charge on any atom is 0.252 e. The molecule has 0 heterocycles. The van der Waals surface area contributed by atoms with Crippen LogP contribution in [0.15, 0.2) is 29.3 Å². The van der Waals surface area contributed by atoms with Gasteiger partial charge in [-0.2, -0.15) is 4.99 Å². The first kappa shape index (κ1) is 11.0. The van der Waals surface area contributed by atoms with E-state index in [0.717, 1.165) is 12.0 Å². The number of carbonyl (C=O) groups is 1. The predicted octanol–water partition coefficient (Wildman–Crippen LogP) is 1.24. The van der Waals surface area contributed by atoms with E-state index in [4.69, 9.17) is 23.1 Å². The molecule has 0 spiro atoms. The molecular formula is C11H12ClN3O. The molecule has 1 fully saturated rings. The van der Waals surface area contributed by atoms with Crippen molar-refractivity contribution in [1.82, 2.24) is 0 Å². The lowest BCUT2D eigenvalue weighted by molar-refractivity contribution is -0.119. The van der Waals surface area contributed by atoms with Gasteiger partial charge in [0.1, 0.15) is 0 Å². The van der Waals surface area contributed by atoms with Crippen LogP contribution in [-0.2, 0) is 4.79 Å². The third-order valence-electron chi connectivity index (χ3n) is 2.65. The van der Waals surface area contributed by atoms with Crippen LogP contribution in [0.3, 0.4) is 0 Å². The molecule has 2 atom stereocenters. The zero-order valence-electron chi connectivity index (χ0n) is 8.56. The average molecular weight is 238 g/mol. The summed E-state index contributed by atoms with van der Waals surface area (Å²) in [4.78, 5) is 15.1. The Morgan fingerprint density at radius 1 is 1.38 bits per heavy atom. The molecular weight excluding hydrogens is 226 g/mol. The van der Waals surface area contributed by atoms with Crippen LogP contribution in [-0.4, -0.2) is 11.9 Å². The average Bonchev–Trinajstić information content (AvgIpc) is 2.97. The van der Waals surface area contributed by atoms with Crippen molar-refractivity contribution in [3.63, 3.8) is 0 Å². The minimum atomic E-state index is -0.259. The fourth-order valence-corrected chi connectivity index (χ4v) is 2.07. The van der Waals surface area contributed by atoms with E-state index in [1.54, 1.807) is 0 Å². The molecule has 0 aliphatic heterocycles. The summed E-state index contributed by atoms with van der Waals surface area (Å²) in [6.07, 6.45) is 0.763. The van der Waals surface area contributed by atoms with E-state index >= 15 is 0 Å². The van der Waals surface area contributed by atoms with Crippen LogP contribution < -0.4 is 11.5 Å². The van der Waals surface area contributed by atoms with E-state index in [2.05, 4.69) is 4.99 Å². The lowest BCUT2D eigenvalue weighted by atomic mass is 10.1. The first-order valence-corrected chi connectivity index (χ1v) is 5.35. The van der Waals surface area contributed by atoms with Crippen LogP contribution >= 0.6 is 11.6 Å². The number of aliphatic imine (C=N–C) groups is 1. The number of halogens is 1. The number of nitrogens with two attached hydrogens (primary N) is 2. The Morgan fingerprint density at radius 2 is 2.06 bits per heavy atom. The van der Waals surface area contributed by atoms with Gasteiger partial charge in [0.15, 0.2) is 5.96 Å². The molecule has 0 bridgehead atoms. The highest BCUT2D eigenvalue weighted by Gasteiger charge is 2.44. The van der Waals surface area contributed by atoms with Gasteiger partial charge in [-0.3, -0.25) is 4.79 Å². The highest BCUT2D eigenvalue weighted by Crippen LogP contribution is 2.50. The van der Waals surface area contributed by atoms with E-state index in [9.17, 15) is 4.79 Å². The molecule has 5 heteroatoms. The zero-order chi connectivity index (χ0) is 11.7. The molecule has 1 saturated carbocycles. The number of benzene rings is 1. The fraction of sp³-hybridized carbons (Fsp3) is 0.273. The molecule has 2 rings (SSSR count). The number of amides is 1.